The third kappa shape index (κ3) is 4.97. The molecular formula is C30H41N7O4S. The van der Waals surface area contributed by atoms with Crippen molar-refractivity contribution in [1.29, 1.82) is 0 Å². The highest BCUT2D eigenvalue weighted by Crippen LogP contribution is 2.69. The van der Waals surface area contributed by atoms with Crippen molar-refractivity contribution in [3.63, 3.8) is 0 Å². The summed E-state index contributed by atoms with van der Waals surface area (Å²) >= 11 is 0. The molecule has 1 saturated heterocycles. The third-order valence-corrected chi connectivity index (χ3v) is 11.4. The Balaban J connectivity index is 1.29. The molecule has 42 heavy (non-hydrogen) atoms. The SMILES string of the molecule is CC1(C)C[C@H]2CCCn3ccc(n3)S(=O)(=O)NC(=O)c3ccc(-n4ccc(OCCC5C(C)(C)C5(C)C)n4)nc3N1C2. The summed E-state index contributed by atoms with van der Waals surface area (Å²) in [6.45, 7) is 15.4. The molecule has 1 aliphatic carbocycles. The van der Waals surface area contributed by atoms with Gasteiger partial charge in [0.1, 0.15) is 5.82 Å². The van der Waals surface area contributed by atoms with E-state index in [4.69, 9.17) is 9.72 Å². The molecule has 0 unspecified atom stereocenters. The van der Waals surface area contributed by atoms with Crippen LogP contribution in [0.15, 0.2) is 41.7 Å². The van der Waals surface area contributed by atoms with Crippen LogP contribution in [0.1, 0.15) is 77.6 Å². The highest BCUT2D eigenvalue weighted by molar-refractivity contribution is 7.90. The van der Waals surface area contributed by atoms with Crippen molar-refractivity contribution in [1.82, 2.24) is 29.3 Å². The number of fused-ring (bicyclic) bond motifs is 6. The van der Waals surface area contributed by atoms with E-state index >= 15 is 0 Å². The zero-order chi connectivity index (χ0) is 30.1. The van der Waals surface area contributed by atoms with Crippen molar-refractivity contribution >= 4 is 21.7 Å². The molecule has 3 aliphatic rings. The van der Waals surface area contributed by atoms with E-state index in [0.717, 1.165) is 25.7 Å². The number of aromatic nitrogens is 5. The van der Waals surface area contributed by atoms with E-state index < -0.39 is 15.9 Å². The van der Waals surface area contributed by atoms with E-state index in [2.05, 4.69) is 61.4 Å². The van der Waals surface area contributed by atoms with Crippen molar-refractivity contribution in [2.75, 3.05) is 18.1 Å². The number of ether oxygens (including phenoxy) is 1. The maximum absolute atomic E-state index is 13.5. The average Bonchev–Trinajstić information content (AvgIpc) is 3.50. The van der Waals surface area contributed by atoms with Crippen molar-refractivity contribution in [3.8, 4) is 11.7 Å². The minimum Gasteiger partial charge on any atom is -0.477 e. The van der Waals surface area contributed by atoms with E-state index in [9.17, 15) is 13.2 Å². The predicted molar refractivity (Wildman–Crippen MR) is 158 cm³/mol. The first-order chi connectivity index (χ1) is 19.7. The number of nitrogens with zero attached hydrogens (tertiary/aromatic N) is 6. The van der Waals surface area contributed by atoms with Gasteiger partial charge in [-0.1, -0.05) is 27.7 Å². The zero-order valence-corrected chi connectivity index (χ0v) is 26.1. The standard InChI is InChI=1S/C30H41N7O4S/c1-28(2)18-20-8-7-14-35-15-12-25(33-35)42(39,40)34-27(38)21-9-10-23(31-26(21)36(28)19-20)37-16-11-24(32-37)41-17-13-22-29(3,4)30(22,5)6/h9-12,15-16,20,22H,7-8,13-14,17-19H2,1-6H3,(H,34,38)/t20-/m1/s1. The van der Waals surface area contributed by atoms with Gasteiger partial charge in [-0.2, -0.15) is 13.5 Å². The number of hydrogen-bond acceptors (Lipinski definition) is 8. The lowest BCUT2D eigenvalue weighted by Crippen LogP contribution is -2.41. The molecule has 3 aromatic heterocycles. The summed E-state index contributed by atoms with van der Waals surface area (Å²) in [6.07, 6.45) is 7.15. The Hall–Kier alpha value is -3.41. The van der Waals surface area contributed by atoms with Crippen molar-refractivity contribution in [2.45, 2.75) is 84.3 Å². The molecule has 6 rings (SSSR count). The molecule has 0 aromatic carbocycles. The van der Waals surface area contributed by atoms with Gasteiger partial charge in [-0.15, -0.1) is 5.10 Å². The second-order valence-electron chi connectivity index (χ2n) is 13.8. The second kappa shape index (κ2) is 9.82. The van der Waals surface area contributed by atoms with Crippen molar-refractivity contribution in [3.05, 3.63) is 42.2 Å². The molecule has 4 bridgehead atoms. The molecule has 1 amide bonds. The summed E-state index contributed by atoms with van der Waals surface area (Å²) < 4.78 is 37.5. The number of hydrogen-bond donors (Lipinski definition) is 1. The number of carbonyl (C=O) groups excluding carboxylic acids is 1. The molecule has 1 N–H and O–H groups in total. The first kappa shape index (κ1) is 28.7. The predicted octanol–water partition coefficient (Wildman–Crippen LogP) is 4.43. The maximum atomic E-state index is 13.5. The van der Waals surface area contributed by atoms with Crippen LogP contribution in [-0.2, 0) is 16.6 Å². The average molecular weight is 596 g/mol. The number of rotatable bonds is 5. The topological polar surface area (TPSA) is 124 Å². The fraction of sp³-hybridized carbons (Fsp3) is 0.600. The highest BCUT2D eigenvalue weighted by Gasteiger charge is 2.63. The third-order valence-electron chi connectivity index (χ3n) is 10.2. The normalized spacial score (nSPS) is 24.0. The van der Waals surface area contributed by atoms with E-state index in [1.807, 2.05) is 6.07 Å². The van der Waals surface area contributed by atoms with Crippen LogP contribution in [0.25, 0.3) is 5.82 Å². The van der Waals surface area contributed by atoms with Crippen LogP contribution in [0, 0.1) is 22.7 Å². The van der Waals surface area contributed by atoms with Gasteiger partial charge in [0.15, 0.2) is 10.8 Å². The number of pyridine rings is 1. The lowest BCUT2D eigenvalue weighted by atomic mass is 9.93. The van der Waals surface area contributed by atoms with Crippen LogP contribution in [0.4, 0.5) is 5.82 Å². The van der Waals surface area contributed by atoms with Gasteiger partial charge in [-0.3, -0.25) is 9.48 Å². The number of nitrogens with one attached hydrogen (secondary N) is 1. The van der Waals surface area contributed by atoms with E-state index in [1.54, 1.807) is 33.9 Å². The van der Waals surface area contributed by atoms with E-state index in [1.165, 1.54) is 6.07 Å². The number of aryl methyl sites for hydroxylation is 1. The summed E-state index contributed by atoms with van der Waals surface area (Å²) in [5.41, 5.74) is 0.519. The fourth-order valence-corrected chi connectivity index (χ4v) is 8.04. The van der Waals surface area contributed by atoms with Gasteiger partial charge in [0.05, 0.1) is 12.2 Å². The summed E-state index contributed by atoms with van der Waals surface area (Å²) in [6, 6.07) is 6.52. The summed E-state index contributed by atoms with van der Waals surface area (Å²) in [7, 11) is -4.16. The molecule has 1 saturated carbocycles. The molecule has 3 aromatic rings. The largest absolute Gasteiger partial charge is 0.477 e. The number of sulfonamides is 1. The monoisotopic (exact) mass is 595 g/mol. The molecule has 5 heterocycles. The lowest BCUT2D eigenvalue weighted by Gasteiger charge is -2.34. The molecule has 12 heteroatoms. The van der Waals surface area contributed by atoms with Crippen LogP contribution < -0.4 is 14.4 Å². The van der Waals surface area contributed by atoms with Crippen molar-refractivity contribution < 1.29 is 17.9 Å². The number of carbonyl (C=O) groups is 1. The molecule has 226 valence electrons. The van der Waals surface area contributed by atoms with Crippen LogP contribution in [0.5, 0.6) is 5.88 Å². The van der Waals surface area contributed by atoms with Crippen LogP contribution in [0.3, 0.4) is 0 Å². The Morgan fingerprint density at radius 1 is 1.02 bits per heavy atom. The smallest absolute Gasteiger partial charge is 0.283 e. The first-order valence-corrected chi connectivity index (χ1v) is 16.3. The Morgan fingerprint density at radius 2 is 1.79 bits per heavy atom. The first-order valence-electron chi connectivity index (χ1n) is 14.8. The minimum atomic E-state index is -4.16. The molecule has 0 spiro atoms. The van der Waals surface area contributed by atoms with Gasteiger partial charge >= 0.3 is 0 Å². The Kier molecular flexibility index (Phi) is 6.71. The minimum absolute atomic E-state index is 0.180. The highest BCUT2D eigenvalue weighted by atomic mass is 32.2. The molecule has 2 fully saturated rings. The summed E-state index contributed by atoms with van der Waals surface area (Å²) in [5, 5.41) is 8.62. The van der Waals surface area contributed by atoms with Crippen molar-refractivity contribution in [2.24, 2.45) is 22.7 Å². The van der Waals surface area contributed by atoms with Gasteiger partial charge in [0, 0.05) is 37.1 Å². The van der Waals surface area contributed by atoms with E-state index in [-0.39, 0.29) is 16.1 Å². The van der Waals surface area contributed by atoms with Crippen LogP contribution >= 0.6 is 0 Å². The Labute approximate surface area is 247 Å². The van der Waals surface area contributed by atoms with Crippen LogP contribution in [-0.4, -0.2) is 57.6 Å². The number of amides is 1. The summed E-state index contributed by atoms with van der Waals surface area (Å²) in [5.74, 6) is 1.72. The lowest BCUT2D eigenvalue weighted by molar-refractivity contribution is 0.0981. The van der Waals surface area contributed by atoms with Gasteiger partial charge in [-0.25, -0.2) is 14.4 Å². The molecule has 2 aliphatic heterocycles. The molecule has 1 atom stereocenters. The fourth-order valence-electron chi connectivity index (χ4n) is 7.13. The van der Waals surface area contributed by atoms with Gasteiger partial charge in [0.25, 0.3) is 15.9 Å². The van der Waals surface area contributed by atoms with Gasteiger partial charge in [0.2, 0.25) is 5.88 Å². The van der Waals surface area contributed by atoms with Crippen LogP contribution in [0.2, 0.25) is 0 Å². The second-order valence-corrected chi connectivity index (χ2v) is 15.4. The Morgan fingerprint density at radius 3 is 2.52 bits per heavy atom. The quantitative estimate of drug-likeness (QED) is 0.459. The number of anilines is 1. The maximum Gasteiger partial charge on any atom is 0.283 e. The molecular weight excluding hydrogens is 554 g/mol. The van der Waals surface area contributed by atoms with Gasteiger partial charge in [-0.05, 0) is 80.4 Å². The molecule has 0 radical (unpaired) electrons. The van der Waals surface area contributed by atoms with Gasteiger partial charge < -0.3 is 9.64 Å². The van der Waals surface area contributed by atoms with E-state index in [0.29, 0.717) is 59.9 Å². The summed E-state index contributed by atoms with van der Waals surface area (Å²) in [4.78, 5) is 20.5. The zero-order valence-electron chi connectivity index (χ0n) is 25.3. The Bertz CT molecular complexity index is 1610. The molecule has 11 nitrogen and oxygen atoms in total.